The normalized spacial score (nSPS) is 12.2. The number of nitrogens with zero attached hydrogens (tertiary/aromatic N) is 1. The van der Waals surface area contributed by atoms with E-state index in [0.29, 0.717) is 6.04 Å². The Balaban J connectivity index is 1.79. The largest absolute Gasteiger partial charge is 0.382 e. The minimum atomic E-state index is 0.378. The van der Waals surface area contributed by atoms with Crippen molar-refractivity contribution in [2.24, 2.45) is 0 Å². The van der Waals surface area contributed by atoms with Gasteiger partial charge in [-0.15, -0.1) is 0 Å². The molecule has 2 nitrogen and oxygen atoms in total. The molecule has 20 heavy (non-hydrogen) atoms. The molecule has 0 spiro atoms. The first-order valence-electron chi connectivity index (χ1n) is 6.97. The molecule has 2 heteroatoms. The zero-order valence-corrected chi connectivity index (χ0v) is 11.6. The average Bonchev–Trinajstić information content (AvgIpc) is 2.48. The Morgan fingerprint density at radius 1 is 0.950 bits per heavy atom. The highest BCUT2D eigenvalue weighted by atomic mass is 14.9. The maximum Gasteiger partial charge on any atom is 0.0722 e. The third-order valence-electron chi connectivity index (χ3n) is 3.44. The standard InChI is InChI=1S/C18H18N2/c1-14(13-15-7-3-2-4-8-15)20-18-11-12-19-17-10-6-5-9-16(17)18/h2-12,14H,13H2,1H3,(H,19,20). The van der Waals surface area contributed by atoms with Crippen LogP contribution in [0, 0.1) is 0 Å². The molecule has 3 rings (SSSR count). The molecular formula is C18H18N2. The molecule has 0 fully saturated rings. The Bertz CT molecular complexity index is 687. The molecule has 0 aliphatic rings. The third-order valence-corrected chi connectivity index (χ3v) is 3.44. The number of pyridine rings is 1. The molecule has 0 amide bonds. The van der Waals surface area contributed by atoms with Gasteiger partial charge >= 0.3 is 0 Å². The molecule has 0 aliphatic heterocycles. The van der Waals surface area contributed by atoms with Crippen molar-refractivity contribution in [2.75, 3.05) is 5.32 Å². The Kier molecular flexibility index (Phi) is 3.64. The van der Waals surface area contributed by atoms with E-state index in [4.69, 9.17) is 0 Å². The van der Waals surface area contributed by atoms with Crippen molar-refractivity contribution in [1.82, 2.24) is 4.98 Å². The Hall–Kier alpha value is -2.35. The summed E-state index contributed by atoms with van der Waals surface area (Å²) in [6, 6.07) is 21.2. The van der Waals surface area contributed by atoms with Crippen molar-refractivity contribution in [2.45, 2.75) is 19.4 Å². The number of nitrogens with one attached hydrogen (secondary N) is 1. The van der Waals surface area contributed by atoms with E-state index in [9.17, 15) is 0 Å². The Labute approximate surface area is 119 Å². The minimum absolute atomic E-state index is 0.378. The minimum Gasteiger partial charge on any atom is -0.382 e. The first kappa shape index (κ1) is 12.7. The van der Waals surface area contributed by atoms with Crippen molar-refractivity contribution < 1.29 is 0 Å². The molecule has 1 atom stereocenters. The fourth-order valence-corrected chi connectivity index (χ4v) is 2.51. The lowest BCUT2D eigenvalue weighted by Crippen LogP contribution is -2.18. The van der Waals surface area contributed by atoms with Gasteiger partial charge in [0.25, 0.3) is 0 Å². The molecule has 100 valence electrons. The number of para-hydroxylation sites is 1. The van der Waals surface area contributed by atoms with Crippen LogP contribution in [0.3, 0.4) is 0 Å². The van der Waals surface area contributed by atoms with E-state index < -0.39 is 0 Å². The maximum atomic E-state index is 4.39. The highest BCUT2D eigenvalue weighted by Crippen LogP contribution is 2.22. The van der Waals surface area contributed by atoms with E-state index >= 15 is 0 Å². The lowest BCUT2D eigenvalue weighted by molar-refractivity contribution is 0.791. The summed E-state index contributed by atoms with van der Waals surface area (Å²) in [6.45, 7) is 2.21. The van der Waals surface area contributed by atoms with Crippen LogP contribution in [-0.2, 0) is 6.42 Å². The lowest BCUT2D eigenvalue weighted by Gasteiger charge is -2.16. The van der Waals surface area contributed by atoms with Gasteiger partial charge in [0, 0.05) is 23.3 Å². The molecule has 0 bridgehead atoms. The number of rotatable bonds is 4. The van der Waals surface area contributed by atoms with E-state index in [0.717, 1.165) is 17.6 Å². The maximum absolute atomic E-state index is 4.39. The molecule has 0 saturated heterocycles. The summed E-state index contributed by atoms with van der Waals surface area (Å²) >= 11 is 0. The quantitative estimate of drug-likeness (QED) is 0.759. The van der Waals surface area contributed by atoms with Crippen LogP contribution in [0.2, 0.25) is 0 Å². The number of hydrogen-bond donors (Lipinski definition) is 1. The average molecular weight is 262 g/mol. The van der Waals surface area contributed by atoms with Gasteiger partial charge in [-0.3, -0.25) is 4.98 Å². The topological polar surface area (TPSA) is 24.9 Å². The monoisotopic (exact) mass is 262 g/mol. The molecule has 1 unspecified atom stereocenters. The summed E-state index contributed by atoms with van der Waals surface area (Å²) in [6.07, 6.45) is 2.87. The van der Waals surface area contributed by atoms with Crippen LogP contribution < -0.4 is 5.32 Å². The molecule has 0 radical (unpaired) electrons. The van der Waals surface area contributed by atoms with Gasteiger partial charge < -0.3 is 5.32 Å². The second kappa shape index (κ2) is 5.74. The lowest BCUT2D eigenvalue weighted by atomic mass is 10.1. The van der Waals surface area contributed by atoms with Gasteiger partial charge in [-0.05, 0) is 31.0 Å². The van der Waals surface area contributed by atoms with E-state index in [-0.39, 0.29) is 0 Å². The Morgan fingerprint density at radius 2 is 1.70 bits per heavy atom. The fraction of sp³-hybridized carbons (Fsp3) is 0.167. The molecule has 2 aromatic carbocycles. The van der Waals surface area contributed by atoms with Crippen LogP contribution in [0.15, 0.2) is 66.9 Å². The number of hydrogen-bond acceptors (Lipinski definition) is 2. The predicted molar refractivity (Wildman–Crippen MR) is 85.0 cm³/mol. The SMILES string of the molecule is CC(Cc1ccccc1)Nc1ccnc2ccccc12. The number of aromatic nitrogens is 1. The smallest absolute Gasteiger partial charge is 0.0722 e. The van der Waals surface area contributed by atoms with Crippen molar-refractivity contribution in [3.05, 3.63) is 72.4 Å². The summed E-state index contributed by atoms with van der Waals surface area (Å²) in [5, 5.41) is 4.77. The highest BCUT2D eigenvalue weighted by Gasteiger charge is 2.06. The van der Waals surface area contributed by atoms with Gasteiger partial charge in [-0.2, -0.15) is 0 Å². The van der Waals surface area contributed by atoms with Crippen LogP contribution in [0.25, 0.3) is 10.9 Å². The summed E-state index contributed by atoms with van der Waals surface area (Å²) in [5.74, 6) is 0. The van der Waals surface area contributed by atoms with Crippen molar-refractivity contribution in [1.29, 1.82) is 0 Å². The van der Waals surface area contributed by atoms with E-state index in [1.807, 2.05) is 24.4 Å². The summed E-state index contributed by atoms with van der Waals surface area (Å²) in [7, 11) is 0. The van der Waals surface area contributed by atoms with Crippen LogP contribution in [0.5, 0.6) is 0 Å². The van der Waals surface area contributed by atoms with Gasteiger partial charge in [-0.1, -0.05) is 48.5 Å². The van der Waals surface area contributed by atoms with Gasteiger partial charge in [0.2, 0.25) is 0 Å². The van der Waals surface area contributed by atoms with Crippen LogP contribution in [-0.4, -0.2) is 11.0 Å². The molecule has 3 aromatic rings. The zero-order valence-electron chi connectivity index (χ0n) is 11.6. The second-order valence-corrected chi connectivity index (χ2v) is 5.11. The number of anilines is 1. The summed E-state index contributed by atoms with van der Waals surface area (Å²) in [4.78, 5) is 4.39. The molecule has 0 saturated carbocycles. The first-order valence-corrected chi connectivity index (χ1v) is 6.97. The molecule has 0 aliphatic carbocycles. The van der Waals surface area contributed by atoms with Crippen LogP contribution in [0.1, 0.15) is 12.5 Å². The highest BCUT2D eigenvalue weighted by molar-refractivity contribution is 5.90. The molecule has 1 heterocycles. The fourth-order valence-electron chi connectivity index (χ4n) is 2.51. The zero-order chi connectivity index (χ0) is 13.8. The van der Waals surface area contributed by atoms with Crippen molar-refractivity contribution in [3.8, 4) is 0 Å². The van der Waals surface area contributed by atoms with Crippen molar-refractivity contribution >= 4 is 16.6 Å². The van der Waals surface area contributed by atoms with Crippen LogP contribution in [0.4, 0.5) is 5.69 Å². The third kappa shape index (κ3) is 2.80. The number of benzene rings is 2. The predicted octanol–water partition coefficient (Wildman–Crippen LogP) is 4.28. The van der Waals surface area contributed by atoms with Crippen LogP contribution >= 0.6 is 0 Å². The van der Waals surface area contributed by atoms with Crippen molar-refractivity contribution in [3.63, 3.8) is 0 Å². The van der Waals surface area contributed by atoms with Gasteiger partial charge in [0.05, 0.1) is 5.52 Å². The van der Waals surface area contributed by atoms with Gasteiger partial charge in [0.1, 0.15) is 0 Å². The number of fused-ring (bicyclic) bond motifs is 1. The van der Waals surface area contributed by atoms with E-state index in [1.54, 1.807) is 0 Å². The van der Waals surface area contributed by atoms with E-state index in [1.165, 1.54) is 10.9 Å². The van der Waals surface area contributed by atoms with E-state index in [2.05, 4.69) is 59.7 Å². The summed E-state index contributed by atoms with van der Waals surface area (Å²) in [5.41, 5.74) is 3.54. The first-order chi connectivity index (χ1) is 9.83. The Morgan fingerprint density at radius 3 is 2.55 bits per heavy atom. The molecule has 1 N–H and O–H groups in total. The molecular weight excluding hydrogens is 244 g/mol. The van der Waals surface area contributed by atoms with Gasteiger partial charge in [0.15, 0.2) is 0 Å². The summed E-state index contributed by atoms with van der Waals surface area (Å²) < 4.78 is 0. The second-order valence-electron chi connectivity index (χ2n) is 5.11. The molecule has 1 aromatic heterocycles. The van der Waals surface area contributed by atoms with Gasteiger partial charge in [-0.25, -0.2) is 0 Å².